The maximum atomic E-state index is 11.7. The molecule has 6 heteroatoms. The quantitative estimate of drug-likeness (QED) is 0.634. The standard InChI is InChI=1S/C12H13BrO5/c1-12(2)16-10(17-18-12)7-15-11(14)8-3-5-9(13)6-4-8/h3-6,10H,7H2,1-2H3. The van der Waals surface area contributed by atoms with E-state index < -0.39 is 18.0 Å². The van der Waals surface area contributed by atoms with Gasteiger partial charge in [-0.3, -0.25) is 0 Å². The Balaban J connectivity index is 1.84. The molecule has 1 aromatic rings. The van der Waals surface area contributed by atoms with Crippen LogP contribution in [0.25, 0.3) is 0 Å². The van der Waals surface area contributed by atoms with Gasteiger partial charge in [-0.25, -0.2) is 4.79 Å². The SMILES string of the molecule is CC1(C)OOC(COC(=O)c2ccc(Br)cc2)O1. The number of hydrogen-bond acceptors (Lipinski definition) is 5. The molecule has 0 aromatic heterocycles. The Morgan fingerprint density at radius 2 is 2.06 bits per heavy atom. The van der Waals surface area contributed by atoms with Crippen molar-refractivity contribution in [1.82, 2.24) is 0 Å². The van der Waals surface area contributed by atoms with Crippen LogP contribution in [0.3, 0.4) is 0 Å². The molecule has 0 aliphatic carbocycles. The highest BCUT2D eigenvalue weighted by molar-refractivity contribution is 9.10. The molecule has 1 atom stereocenters. The number of benzene rings is 1. The van der Waals surface area contributed by atoms with Crippen LogP contribution < -0.4 is 0 Å². The van der Waals surface area contributed by atoms with Crippen LogP contribution in [-0.2, 0) is 19.2 Å². The first-order chi connectivity index (χ1) is 8.46. The van der Waals surface area contributed by atoms with E-state index in [0.29, 0.717) is 5.56 Å². The van der Waals surface area contributed by atoms with Gasteiger partial charge in [0.25, 0.3) is 0 Å². The number of rotatable bonds is 3. The second-order valence-electron chi connectivity index (χ2n) is 4.23. The lowest BCUT2D eigenvalue weighted by Gasteiger charge is -2.12. The van der Waals surface area contributed by atoms with Crippen molar-refractivity contribution in [2.75, 3.05) is 6.61 Å². The van der Waals surface area contributed by atoms with Crippen molar-refractivity contribution in [3.8, 4) is 0 Å². The largest absolute Gasteiger partial charge is 0.457 e. The van der Waals surface area contributed by atoms with E-state index in [9.17, 15) is 4.79 Å². The minimum Gasteiger partial charge on any atom is -0.457 e. The van der Waals surface area contributed by atoms with Gasteiger partial charge in [-0.15, -0.1) is 0 Å². The van der Waals surface area contributed by atoms with Gasteiger partial charge < -0.3 is 9.47 Å². The van der Waals surface area contributed by atoms with E-state index in [-0.39, 0.29) is 6.61 Å². The summed E-state index contributed by atoms with van der Waals surface area (Å²) in [6.45, 7) is 3.41. The molecule has 1 heterocycles. The van der Waals surface area contributed by atoms with E-state index in [1.54, 1.807) is 38.1 Å². The van der Waals surface area contributed by atoms with Gasteiger partial charge in [-0.2, -0.15) is 9.78 Å². The summed E-state index contributed by atoms with van der Waals surface area (Å²) < 4.78 is 11.3. The average molecular weight is 317 g/mol. The van der Waals surface area contributed by atoms with Crippen LogP contribution >= 0.6 is 15.9 Å². The minimum atomic E-state index is -0.811. The van der Waals surface area contributed by atoms with Crippen molar-refractivity contribution < 1.29 is 24.0 Å². The molecule has 0 radical (unpaired) electrons. The van der Waals surface area contributed by atoms with E-state index >= 15 is 0 Å². The van der Waals surface area contributed by atoms with Gasteiger partial charge in [0, 0.05) is 4.47 Å². The predicted octanol–water partition coefficient (Wildman–Crippen LogP) is 2.65. The lowest BCUT2D eigenvalue weighted by molar-refractivity contribution is -0.323. The van der Waals surface area contributed by atoms with Crippen molar-refractivity contribution in [3.63, 3.8) is 0 Å². The first-order valence-electron chi connectivity index (χ1n) is 5.41. The van der Waals surface area contributed by atoms with Gasteiger partial charge in [0.15, 0.2) is 5.79 Å². The maximum absolute atomic E-state index is 11.7. The van der Waals surface area contributed by atoms with Crippen LogP contribution in [0.4, 0.5) is 0 Å². The molecule has 98 valence electrons. The first-order valence-corrected chi connectivity index (χ1v) is 6.20. The maximum Gasteiger partial charge on any atom is 0.338 e. The zero-order valence-corrected chi connectivity index (χ0v) is 11.6. The number of ether oxygens (including phenoxy) is 2. The second kappa shape index (κ2) is 5.36. The molecular weight excluding hydrogens is 304 g/mol. The summed E-state index contributed by atoms with van der Waals surface area (Å²) in [5, 5.41) is 0. The van der Waals surface area contributed by atoms with Gasteiger partial charge in [0.2, 0.25) is 6.29 Å². The Kier molecular flexibility index (Phi) is 4.01. The molecular formula is C12H13BrO5. The molecule has 0 spiro atoms. The monoisotopic (exact) mass is 316 g/mol. The van der Waals surface area contributed by atoms with Crippen LogP contribution in [0.15, 0.2) is 28.7 Å². The topological polar surface area (TPSA) is 54.0 Å². The van der Waals surface area contributed by atoms with E-state index in [1.165, 1.54) is 0 Å². The number of esters is 1. The normalized spacial score (nSPS) is 21.8. The van der Waals surface area contributed by atoms with E-state index in [4.69, 9.17) is 19.2 Å². The van der Waals surface area contributed by atoms with Crippen LogP contribution in [0.2, 0.25) is 0 Å². The Hall–Kier alpha value is -0.950. The summed E-state index contributed by atoms with van der Waals surface area (Å²) in [6, 6.07) is 6.88. The van der Waals surface area contributed by atoms with Gasteiger partial charge in [0.05, 0.1) is 5.56 Å². The van der Waals surface area contributed by atoms with Gasteiger partial charge >= 0.3 is 5.97 Å². The zero-order valence-electron chi connectivity index (χ0n) is 10.0. The number of carbonyl (C=O) groups is 1. The van der Waals surface area contributed by atoms with Crippen molar-refractivity contribution in [1.29, 1.82) is 0 Å². The number of halogens is 1. The molecule has 2 rings (SSSR count). The molecule has 0 bridgehead atoms. The lowest BCUT2D eigenvalue weighted by atomic mass is 10.2. The summed E-state index contributed by atoms with van der Waals surface area (Å²) in [4.78, 5) is 21.4. The second-order valence-corrected chi connectivity index (χ2v) is 5.15. The molecule has 1 unspecified atom stereocenters. The molecule has 1 saturated heterocycles. The highest BCUT2D eigenvalue weighted by Gasteiger charge is 2.35. The molecule has 18 heavy (non-hydrogen) atoms. The van der Waals surface area contributed by atoms with Gasteiger partial charge in [-0.05, 0) is 38.1 Å². The van der Waals surface area contributed by atoms with Crippen LogP contribution in [0, 0.1) is 0 Å². The summed E-state index contributed by atoms with van der Waals surface area (Å²) in [5.74, 6) is -1.24. The van der Waals surface area contributed by atoms with Gasteiger partial charge in [0.1, 0.15) is 6.61 Å². The Bertz CT molecular complexity index is 429. The third-order valence-electron chi connectivity index (χ3n) is 2.20. The average Bonchev–Trinajstić information content (AvgIpc) is 2.67. The summed E-state index contributed by atoms with van der Waals surface area (Å²) >= 11 is 3.29. The fraction of sp³-hybridized carbons (Fsp3) is 0.417. The fourth-order valence-corrected chi connectivity index (χ4v) is 1.66. The van der Waals surface area contributed by atoms with Crippen molar-refractivity contribution >= 4 is 21.9 Å². The third kappa shape index (κ3) is 3.52. The highest BCUT2D eigenvalue weighted by atomic mass is 79.9. The Labute approximate surface area is 113 Å². The van der Waals surface area contributed by atoms with E-state index in [0.717, 1.165) is 4.47 Å². The molecule has 1 aliphatic rings. The van der Waals surface area contributed by atoms with Crippen molar-refractivity contribution in [2.45, 2.75) is 25.9 Å². The Morgan fingerprint density at radius 3 is 2.61 bits per heavy atom. The molecule has 0 N–H and O–H groups in total. The predicted molar refractivity (Wildman–Crippen MR) is 65.5 cm³/mol. The van der Waals surface area contributed by atoms with Crippen molar-refractivity contribution in [2.24, 2.45) is 0 Å². The molecule has 1 fully saturated rings. The van der Waals surface area contributed by atoms with Gasteiger partial charge in [-0.1, -0.05) is 15.9 Å². The first kappa shape index (κ1) is 13.5. The molecule has 1 aromatic carbocycles. The molecule has 5 nitrogen and oxygen atoms in total. The molecule has 0 amide bonds. The number of hydrogen-bond donors (Lipinski definition) is 0. The van der Waals surface area contributed by atoms with E-state index in [1.807, 2.05) is 0 Å². The van der Waals surface area contributed by atoms with Crippen LogP contribution in [0.1, 0.15) is 24.2 Å². The fourth-order valence-electron chi connectivity index (χ4n) is 1.40. The van der Waals surface area contributed by atoms with E-state index in [2.05, 4.69) is 15.9 Å². The lowest BCUT2D eigenvalue weighted by Crippen LogP contribution is -2.25. The van der Waals surface area contributed by atoms with Crippen molar-refractivity contribution in [3.05, 3.63) is 34.3 Å². The summed E-state index contributed by atoms with van der Waals surface area (Å²) in [7, 11) is 0. The molecule has 1 aliphatic heterocycles. The smallest absolute Gasteiger partial charge is 0.338 e. The van der Waals surface area contributed by atoms with Crippen LogP contribution in [-0.4, -0.2) is 24.7 Å². The number of carbonyl (C=O) groups excluding carboxylic acids is 1. The van der Waals surface area contributed by atoms with Crippen LogP contribution in [0.5, 0.6) is 0 Å². The highest BCUT2D eigenvalue weighted by Crippen LogP contribution is 2.23. The summed E-state index contributed by atoms with van der Waals surface area (Å²) in [5.41, 5.74) is 0.469. The Morgan fingerprint density at radius 1 is 1.39 bits per heavy atom. The molecule has 0 saturated carbocycles. The minimum absolute atomic E-state index is 0.0155. The zero-order chi connectivity index (χ0) is 13.2. The summed E-state index contributed by atoms with van der Waals surface area (Å²) in [6.07, 6.45) is -0.695. The third-order valence-corrected chi connectivity index (χ3v) is 2.73.